The van der Waals surface area contributed by atoms with E-state index in [-0.39, 0.29) is 18.4 Å². The van der Waals surface area contributed by atoms with Crippen LogP contribution in [0, 0.1) is 0 Å². The Labute approximate surface area is 131 Å². The van der Waals surface area contributed by atoms with Crippen LogP contribution < -0.4 is 10.5 Å². The maximum absolute atomic E-state index is 11.6. The standard InChI is InChI=1S/C14H20ClNO3.ClH/c1-3-4-7-19-14(17)12(16)9-10-5-6-13(18-2)11(15)8-10;/h5-6,8,12H,3-4,7,9,16H2,1-2H3;1H. The van der Waals surface area contributed by atoms with Crippen LogP contribution in [0.3, 0.4) is 0 Å². The first kappa shape index (κ1) is 19.0. The summed E-state index contributed by atoms with van der Waals surface area (Å²) in [5, 5.41) is 0.506. The fraction of sp³-hybridized carbons (Fsp3) is 0.500. The fourth-order valence-electron chi connectivity index (χ4n) is 1.60. The Morgan fingerprint density at radius 1 is 1.45 bits per heavy atom. The molecule has 0 saturated carbocycles. The van der Waals surface area contributed by atoms with Crippen LogP contribution in [0.2, 0.25) is 5.02 Å². The van der Waals surface area contributed by atoms with E-state index in [9.17, 15) is 4.79 Å². The molecule has 1 aromatic carbocycles. The summed E-state index contributed by atoms with van der Waals surface area (Å²) in [4.78, 5) is 11.6. The predicted molar refractivity (Wildman–Crippen MR) is 82.8 cm³/mol. The molecule has 0 bridgehead atoms. The van der Waals surface area contributed by atoms with Crippen molar-refractivity contribution in [2.45, 2.75) is 32.2 Å². The van der Waals surface area contributed by atoms with Crippen LogP contribution >= 0.6 is 24.0 Å². The summed E-state index contributed by atoms with van der Waals surface area (Å²) in [5.74, 6) is 0.227. The summed E-state index contributed by atoms with van der Waals surface area (Å²) in [6.07, 6.45) is 2.23. The minimum absolute atomic E-state index is 0. The zero-order valence-electron chi connectivity index (χ0n) is 11.7. The zero-order valence-corrected chi connectivity index (χ0v) is 13.3. The van der Waals surface area contributed by atoms with Gasteiger partial charge < -0.3 is 15.2 Å². The second kappa shape index (κ2) is 9.86. The number of hydrogen-bond acceptors (Lipinski definition) is 4. The van der Waals surface area contributed by atoms with E-state index in [1.54, 1.807) is 19.2 Å². The molecule has 0 saturated heterocycles. The lowest BCUT2D eigenvalue weighted by Gasteiger charge is -2.12. The minimum Gasteiger partial charge on any atom is -0.495 e. The van der Waals surface area contributed by atoms with E-state index in [1.165, 1.54) is 0 Å². The first-order valence-corrected chi connectivity index (χ1v) is 6.71. The minimum atomic E-state index is -0.665. The number of ether oxygens (including phenoxy) is 2. The number of halogens is 2. The first-order valence-electron chi connectivity index (χ1n) is 6.33. The predicted octanol–water partition coefficient (Wildman–Crippen LogP) is 2.98. The Morgan fingerprint density at radius 2 is 2.15 bits per heavy atom. The number of nitrogens with two attached hydrogens (primary N) is 1. The molecule has 0 aliphatic heterocycles. The van der Waals surface area contributed by atoms with Crippen molar-refractivity contribution >= 4 is 30.0 Å². The first-order chi connectivity index (χ1) is 9.08. The molecule has 6 heteroatoms. The highest BCUT2D eigenvalue weighted by Crippen LogP contribution is 2.25. The molecule has 1 atom stereocenters. The molecule has 0 radical (unpaired) electrons. The molecule has 114 valence electrons. The van der Waals surface area contributed by atoms with E-state index < -0.39 is 6.04 Å². The highest BCUT2D eigenvalue weighted by molar-refractivity contribution is 6.32. The average Bonchev–Trinajstić information content (AvgIpc) is 2.39. The van der Waals surface area contributed by atoms with Gasteiger partial charge in [-0.25, -0.2) is 0 Å². The largest absolute Gasteiger partial charge is 0.495 e. The monoisotopic (exact) mass is 321 g/mol. The molecule has 0 heterocycles. The highest BCUT2D eigenvalue weighted by atomic mass is 35.5. The van der Waals surface area contributed by atoms with Crippen LogP contribution in [0.5, 0.6) is 5.75 Å². The van der Waals surface area contributed by atoms with Crippen LogP contribution in [0.4, 0.5) is 0 Å². The summed E-state index contributed by atoms with van der Waals surface area (Å²) in [6.45, 7) is 2.46. The maximum Gasteiger partial charge on any atom is 0.323 e. The van der Waals surface area contributed by atoms with Gasteiger partial charge in [-0.05, 0) is 30.5 Å². The lowest BCUT2D eigenvalue weighted by Crippen LogP contribution is -2.34. The summed E-state index contributed by atoms with van der Waals surface area (Å²) in [7, 11) is 1.55. The Balaban J connectivity index is 0.00000361. The smallest absolute Gasteiger partial charge is 0.323 e. The van der Waals surface area contributed by atoms with Gasteiger partial charge in [-0.3, -0.25) is 4.79 Å². The van der Waals surface area contributed by atoms with Crippen molar-refractivity contribution in [2.75, 3.05) is 13.7 Å². The number of rotatable bonds is 7. The van der Waals surface area contributed by atoms with Gasteiger partial charge in [0.25, 0.3) is 0 Å². The number of benzene rings is 1. The molecule has 1 rings (SSSR count). The molecule has 4 nitrogen and oxygen atoms in total. The number of carbonyl (C=O) groups is 1. The number of esters is 1. The van der Waals surface area contributed by atoms with Gasteiger partial charge in [0, 0.05) is 0 Å². The van der Waals surface area contributed by atoms with E-state index in [0.717, 1.165) is 18.4 Å². The zero-order chi connectivity index (χ0) is 14.3. The molecular weight excluding hydrogens is 301 g/mol. The maximum atomic E-state index is 11.6. The molecule has 0 fully saturated rings. The SMILES string of the molecule is CCCCOC(=O)C(N)Cc1ccc(OC)c(Cl)c1.Cl. The fourth-order valence-corrected chi connectivity index (χ4v) is 1.88. The lowest BCUT2D eigenvalue weighted by molar-refractivity contribution is -0.145. The number of unbranched alkanes of at least 4 members (excludes halogenated alkanes) is 1. The summed E-state index contributed by atoms with van der Waals surface area (Å²) in [6, 6.07) is 4.68. The molecule has 1 unspecified atom stereocenters. The molecule has 2 N–H and O–H groups in total. The molecule has 0 aromatic heterocycles. The van der Waals surface area contributed by atoms with Crippen LogP contribution in [0.15, 0.2) is 18.2 Å². The average molecular weight is 322 g/mol. The van der Waals surface area contributed by atoms with Gasteiger partial charge in [0.05, 0.1) is 18.7 Å². The van der Waals surface area contributed by atoms with E-state index in [2.05, 4.69) is 0 Å². The third kappa shape index (κ3) is 5.99. The Hall–Kier alpha value is -0.970. The van der Waals surface area contributed by atoms with Gasteiger partial charge in [0.15, 0.2) is 0 Å². The topological polar surface area (TPSA) is 61.5 Å². The third-order valence-corrected chi connectivity index (χ3v) is 3.01. The Bertz CT molecular complexity index is 427. The molecule has 20 heavy (non-hydrogen) atoms. The molecule has 0 amide bonds. The van der Waals surface area contributed by atoms with Gasteiger partial charge >= 0.3 is 5.97 Å². The lowest BCUT2D eigenvalue weighted by atomic mass is 10.1. The second-order valence-electron chi connectivity index (χ2n) is 4.30. The van der Waals surface area contributed by atoms with Gasteiger partial charge in [-0.1, -0.05) is 31.0 Å². The van der Waals surface area contributed by atoms with Crippen LogP contribution in [-0.2, 0) is 16.0 Å². The van der Waals surface area contributed by atoms with E-state index >= 15 is 0 Å². The van der Waals surface area contributed by atoms with Crippen molar-refractivity contribution in [3.05, 3.63) is 28.8 Å². The van der Waals surface area contributed by atoms with E-state index in [0.29, 0.717) is 23.8 Å². The molecule has 1 aromatic rings. The molecule has 0 aliphatic carbocycles. The number of hydrogen-bond donors (Lipinski definition) is 1. The summed E-state index contributed by atoms with van der Waals surface area (Å²) >= 11 is 6.01. The van der Waals surface area contributed by atoms with Gasteiger partial charge in [-0.2, -0.15) is 0 Å². The highest BCUT2D eigenvalue weighted by Gasteiger charge is 2.16. The Morgan fingerprint density at radius 3 is 2.70 bits per heavy atom. The molecular formula is C14H21Cl2NO3. The quantitative estimate of drug-likeness (QED) is 0.619. The van der Waals surface area contributed by atoms with Crippen LogP contribution in [0.25, 0.3) is 0 Å². The number of methoxy groups -OCH3 is 1. The summed E-state index contributed by atoms with van der Waals surface area (Å²) < 4.78 is 10.1. The number of carbonyl (C=O) groups excluding carboxylic acids is 1. The van der Waals surface area contributed by atoms with E-state index in [4.69, 9.17) is 26.8 Å². The normalized spacial score (nSPS) is 11.4. The van der Waals surface area contributed by atoms with Crippen molar-refractivity contribution in [1.29, 1.82) is 0 Å². The van der Waals surface area contributed by atoms with Gasteiger partial charge in [0.1, 0.15) is 11.8 Å². The van der Waals surface area contributed by atoms with Gasteiger partial charge in [0.2, 0.25) is 0 Å². The Kier molecular flexibility index (Phi) is 9.38. The van der Waals surface area contributed by atoms with Crippen molar-refractivity contribution in [1.82, 2.24) is 0 Å². The summed E-state index contributed by atoms with van der Waals surface area (Å²) in [5.41, 5.74) is 6.68. The second-order valence-corrected chi connectivity index (χ2v) is 4.71. The molecule has 0 aliphatic rings. The van der Waals surface area contributed by atoms with Gasteiger partial charge in [-0.15, -0.1) is 12.4 Å². The third-order valence-electron chi connectivity index (χ3n) is 2.72. The van der Waals surface area contributed by atoms with Crippen LogP contribution in [0.1, 0.15) is 25.3 Å². The van der Waals surface area contributed by atoms with Crippen molar-refractivity contribution < 1.29 is 14.3 Å². The van der Waals surface area contributed by atoms with E-state index in [1.807, 2.05) is 13.0 Å². The van der Waals surface area contributed by atoms with Crippen molar-refractivity contribution in [3.63, 3.8) is 0 Å². The van der Waals surface area contributed by atoms with Crippen LogP contribution in [-0.4, -0.2) is 25.7 Å². The van der Waals surface area contributed by atoms with Crippen molar-refractivity contribution in [3.8, 4) is 5.75 Å². The molecule has 0 spiro atoms. The van der Waals surface area contributed by atoms with Crippen molar-refractivity contribution in [2.24, 2.45) is 5.73 Å².